The summed E-state index contributed by atoms with van der Waals surface area (Å²) in [6.07, 6.45) is 2.29. The summed E-state index contributed by atoms with van der Waals surface area (Å²) in [6.45, 7) is 5.61. The van der Waals surface area contributed by atoms with Crippen molar-refractivity contribution < 1.29 is 9.84 Å². The molecule has 2 atom stereocenters. The van der Waals surface area contributed by atoms with Crippen molar-refractivity contribution in [3.05, 3.63) is 29.3 Å². The van der Waals surface area contributed by atoms with Crippen LogP contribution in [0.5, 0.6) is 5.75 Å². The Hall–Kier alpha value is -2.06. The Morgan fingerprint density at radius 2 is 2.26 bits per heavy atom. The molecule has 1 aromatic carbocycles. The van der Waals surface area contributed by atoms with Gasteiger partial charge in [0.05, 0.1) is 6.34 Å². The lowest BCUT2D eigenvalue weighted by molar-refractivity contribution is -0.0566. The topological polar surface area (TPSA) is 77.6 Å². The average Bonchev–Trinajstić information content (AvgIpc) is 2.35. The molecule has 0 amide bonds. The highest BCUT2D eigenvalue weighted by Crippen LogP contribution is 2.41. The fourth-order valence-corrected chi connectivity index (χ4v) is 2.19. The van der Waals surface area contributed by atoms with Crippen molar-refractivity contribution in [2.45, 2.75) is 38.5 Å². The maximum Gasteiger partial charge on any atom is 0.182 e. The normalized spacial score (nSPS) is 24.4. The third-order valence-corrected chi connectivity index (χ3v) is 3.23. The number of aliphatic imine (C=N–C) groups is 1. The molecule has 1 aliphatic rings. The molecule has 0 aliphatic carbocycles. The maximum atomic E-state index is 10.4. The highest BCUT2D eigenvalue weighted by Gasteiger charge is 2.42. The van der Waals surface area contributed by atoms with Crippen molar-refractivity contribution in [3.63, 3.8) is 0 Å². The number of nitriles is 1. The summed E-state index contributed by atoms with van der Waals surface area (Å²) < 4.78 is 5.81. The van der Waals surface area contributed by atoms with Gasteiger partial charge in [0, 0.05) is 5.56 Å². The third-order valence-electron chi connectivity index (χ3n) is 3.23. The Morgan fingerprint density at radius 1 is 1.53 bits per heavy atom. The summed E-state index contributed by atoms with van der Waals surface area (Å²) >= 11 is 0. The lowest BCUT2D eigenvalue weighted by atomic mass is 9.86. The molecule has 0 spiro atoms. The Kier molecular flexibility index (Phi) is 3.45. The first kappa shape index (κ1) is 13.4. The molecule has 0 unspecified atom stereocenters. The number of aliphatic hydroxyl groups is 1. The number of hydrogen-bond donors (Lipinski definition) is 2. The minimum atomic E-state index is -0.779. The summed E-state index contributed by atoms with van der Waals surface area (Å²) in [5, 5.41) is 21.2. The van der Waals surface area contributed by atoms with Crippen LogP contribution in [-0.4, -0.2) is 23.2 Å². The van der Waals surface area contributed by atoms with E-state index in [1.54, 1.807) is 6.19 Å². The van der Waals surface area contributed by atoms with Gasteiger partial charge < -0.3 is 9.84 Å². The smallest absolute Gasteiger partial charge is 0.182 e. The molecule has 5 heteroatoms. The maximum absolute atomic E-state index is 10.4. The number of hydrogen-bond acceptors (Lipinski definition) is 4. The van der Waals surface area contributed by atoms with Crippen LogP contribution >= 0.6 is 0 Å². The van der Waals surface area contributed by atoms with Crippen molar-refractivity contribution in [1.82, 2.24) is 5.32 Å². The monoisotopic (exact) mass is 259 g/mol. The van der Waals surface area contributed by atoms with Crippen LogP contribution in [0.2, 0.25) is 0 Å². The van der Waals surface area contributed by atoms with Gasteiger partial charge in [0.1, 0.15) is 23.5 Å². The quantitative estimate of drug-likeness (QED) is 0.366. The van der Waals surface area contributed by atoms with Crippen molar-refractivity contribution in [1.29, 1.82) is 5.26 Å². The molecule has 0 saturated carbocycles. The largest absolute Gasteiger partial charge is 0.485 e. The number of fused-ring (bicyclic) bond motifs is 1. The van der Waals surface area contributed by atoms with Crippen LogP contribution in [0.25, 0.3) is 0 Å². The Labute approximate surface area is 112 Å². The zero-order valence-electron chi connectivity index (χ0n) is 11.2. The van der Waals surface area contributed by atoms with Gasteiger partial charge in [-0.1, -0.05) is 17.7 Å². The SMILES string of the molecule is Cc1ccc2c(c1)[C@@H](N=CNC#N)[C@H](O)C(C)(C)O2. The minimum absolute atomic E-state index is 0.445. The molecular formula is C14H17N3O2. The molecular weight excluding hydrogens is 242 g/mol. The van der Waals surface area contributed by atoms with E-state index >= 15 is 0 Å². The van der Waals surface area contributed by atoms with Gasteiger partial charge >= 0.3 is 0 Å². The first-order valence-electron chi connectivity index (χ1n) is 6.09. The van der Waals surface area contributed by atoms with Crippen LogP contribution < -0.4 is 10.1 Å². The highest BCUT2D eigenvalue weighted by atomic mass is 16.5. The van der Waals surface area contributed by atoms with E-state index in [0.29, 0.717) is 0 Å². The molecule has 1 aromatic rings. The Bertz CT molecular complexity index is 546. The number of rotatable bonds is 2. The van der Waals surface area contributed by atoms with Crippen molar-refractivity contribution in [2.75, 3.05) is 0 Å². The van der Waals surface area contributed by atoms with E-state index in [2.05, 4.69) is 10.3 Å². The van der Waals surface area contributed by atoms with Gasteiger partial charge in [0.15, 0.2) is 6.19 Å². The van der Waals surface area contributed by atoms with Crippen LogP contribution in [0.4, 0.5) is 0 Å². The summed E-state index contributed by atoms with van der Waals surface area (Å²) in [7, 11) is 0. The van der Waals surface area contributed by atoms with Gasteiger partial charge in [-0.15, -0.1) is 0 Å². The van der Waals surface area contributed by atoms with Crippen molar-refractivity contribution in [2.24, 2.45) is 4.99 Å². The molecule has 0 aromatic heterocycles. The minimum Gasteiger partial charge on any atom is -0.485 e. The van der Waals surface area contributed by atoms with Gasteiger partial charge in [-0.25, -0.2) is 0 Å². The van der Waals surface area contributed by atoms with Crippen LogP contribution in [0.3, 0.4) is 0 Å². The summed E-state index contributed by atoms with van der Waals surface area (Å²) in [5.74, 6) is 0.722. The Balaban J connectivity index is 2.45. The number of ether oxygens (including phenoxy) is 1. The van der Waals surface area contributed by atoms with Crippen molar-refractivity contribution in [3.8, 4) is 11.9 Å². The van der Waals surface area contributed by atoms with E-state index < -0.39 is 17.7 Å². The molecule has 0 bridgehead atoms. The zero-order chi connectivity index (χ0) is 14.0. The second kappa shape index (κ2) is 4.90. The van der Waals surface area contributed by atoms with Gasteiger partial charge in [0.25, 0.3) is 0 Å². The summed E-state index contributed by atoms with van der Waals surface area (Å²) in [6, 6.07) is 5.35. The van der Waals surface area contributed by atoms with E-state index in [1.165, 1.54) is 6.34 Å². The van der Waals surface area contributed by atoms with E-state index in [4.69, 9.17) is 10.00 Å². The van der Waals surface area contributed by atoms with Gasteiger partial charge in [-0.2, -0.15) is 5.26 Å². The van der Waals surface area contributed by atoms with Gasteiger partial charge in [-0.3, -0.25) is 10.3 Å². The molecule has 0 saturated heterocycles. The third kappa shape index (κ3) is 2.54. The molecule has 0 radical (unpaired) electrons. The second-order valence-electron chi connectivity index (χ2n) is 5.17. The molecule has 5 nitrogen and oxygen atoms in total. The number of benzene rings is 1. The molecule has 1 heterocycles. The molecule has 100 valence electrons. The highest BCUT2D eigenvalue weighted by molar-refractivity contribution is 5.58. The summed E-state index contributed by atoms with van der Waals surface area (Å²) in [4.78, 5) is 4.24. The Morgan fingerprint density at radius 3 is 2.95 bits per heavy atom. The fraction of sp³-hybridized carbons (Fsp3) is 0.429. The first-order valence-corrected chi connectivity index (χ1v) is 6.09. The molecule has 1 aliphatic heterocycles. The average molecular weight is 259 g/mol. The number of aliphatic hydroxyl groups excluding tert-OH is 1. The van der Waals surface area contributed by atoms with E-state index in [1.807, 2.05) is 39.0 Å². The molecule has 2 N–H and O–H groups in total. The fourth-order valence-electron chi connectivity index (χ4n) is 2.19. The zero-order valence-corrected chi connectivity index (χ0v) is 11.2. The number of aryl methyl sites for hydroxylation is 1. The van der Waals surface area contributed by atoms with Crippen LogP contribution in [-0.2, 0) is 0 Å². The van der Waals surface area contributed by atoms with Crippen LogP contribution in [0.1, 0.15) is 31.0 Å². The molecule has 19 heavy (non-hydrogen) atoms. The second-order valence-corrected chi connectivity index (χ2v) is 5.17. The van der Waals surface area contributed by atoms with Crippen LogP contribution in [0, 0.1) is 18.4 Å². The standard InChI is InChI=1S/C14H17N3O2/c1-9-4-5-11-10(6-9)12(17-8-16-7-15)13(18)14(2,3)19-11/h4-6,8,12-13,18H,1-3H3,(H,16,17)/t12-,13+/m1/s1. The lowest BCUT2D eigenvalue weighted by Crippen LogP contribution is -2.48. The predicted molar refractivity (Wildman–Crippen MR) is 71.9 cm³/mol. The first-order chi connectivity index (χ1) is 8.95. The van der Waals surface area contributed by atoms with E-state index in [9.17, 15) is 5.11 Å². The van der Waals surface area contributed by atoms with E-state index in [0.717, 1.165) is 16.9 Å². The lowest BCUT2D eigenvalue weighted by Gasteiger charge is -2.40. The van der Waals surface area contributed by atoms with Crippen LogP contribution in [0.15, 0.2) is 23.2 Å². The number of nitrogens with one attached hydrogen (secondary N) is 1. The molecule has 2 rings (SSSR count). The van der Waals surface area contributed by atoms with E-state index in [-0.39, 0.29) is 0 Å². The van der Waals surface area contributed by atoms with Crippen molar-refractivity contribution >= 4 is 6.34 Å². The van der Waals surface area contributed by atoms with Gasteiger partial charge in [0.2, 0.25) is 0 Å². The summed E-state index contributed by atoms with van der Waals surface area (Å²) in [5.41, 5.74) is 1.18. The number of nitrogens with zero attached hydrogens (tertiary/aromatic N) is 2. The molecule has 0 fully saturated rings. The van der Waals surface area contributed by atoms with Gasteiger partial charge in [-0.05, 0) is 26.8 Å². The predicted octanol–water partition coefficient (Wildman–Crippen LogP) is 1.67.